The number of fused-ring (bicyclic) bond motifs is 1. The number of H-pyrrole nitrogens is 2. The van der Waals surface area contributed by atoms with E-state index in [0.717, 1.165) is 45.2 Å². The minimum atomic E-state index is 0.692. The van der Waals surface area contributed by atoms with Gasteiger partial charge in [0, 0.05) is 36.3 Å². The SMILES string of the molecule is COc1cc(NCc2cccc(-c3nc4ccccc4[nH]3)c2)ccc1-c1ncc[nH]1. The van der Waals surface area contributed by atoms with E-state index in [1.165, 1.54) is 5.56 Å². The van der Waals surface area contributed by atoms with Crippen LogP contribution in [0, 0.1) is 0 Å². The smallest absolute Gasteiger partial charge is 0.141 e. The molecule has 5 aromatic rings. The lowest BCUT2D eigenvalue weighted by molar-refractivity contribution is 0.416. The van der Waals surface area contributed by atoms with Gasteiger partial charge >= 0.3 is 0 Å². The van der Waals surface area contributed by atoms with E-state index in [9.17, 15) is 0 Å². The Hall–Kier alpha value is -4.06. The lowest BCUT2D eigenvalue weighted by Crippen LogP contribution is -2.00. The average molecular weight is 395 g/mol. The minimum absolute atomic E-state index is 0.692. The number of aromatic nitrogens is 4. The predicted octanol–water partition coefficient (Wildman–Crippen LogP) is 5.24. The Balaban J connectivity index is 1.35. The highest BCUT2D eigenvalue weighted by Crippen LogP contribution is 2.30. The van der Waals surface area contributed by atoms with Gasteiger partial charge in [-0.25, -0.2) is 9.97 Å². The molecule has 6 nitrogen and oxygen atoms in total. The lowest BCUT2D eigenvalue weighted by atomic mass is 10.1. The molecule has 30 heavy (non-hydrogen) atoms. The molecule has 3 N–H and O–H groups in total. The summed E-state index contributed by atoms with van der Waals surface area (Å²) in [6, 6.07) is 22.5. The molecule has 0 fully saturated rings. The molecule has 148 valence electrons. The first-order valence-electron chi connectivity index (χ1n) is 9.76. The van der Waals surface area contributed by atoms with Crippen LogP contribution in [0.4, 0.5) is 5.69 Å². The Bertz CT molecular complexity index is 1260. The number of hydrogen-bond donors (Lipinski definition) is 3. The number of benzene rings is 3. The van der Waals surface area contributed by atoms with E-state index >= 15 is 0 Å². The van der Waals surface area contributed by atoms with Gasteiger partial charge in [-0.15, -0.1) is 0 Å². The Labute approximate surface area is 174 Å². The van der Waals surface area contributed by atoms with Crippen LogP contribution in [-0.4, -0.2) is 27.0 Å². The number of aromatic amines is 2. The second kappa shape index (κ2) is 7.75. The van der Waals surface area contributed by atoms with Crippen molar-refractivity contribution in [1.29, 1.82) is 0 Å². The number of methoxy groups -OCH3 is 1. The summed E-state index contributed by atoms with van der Waals surface area (Å²) >= 11 is 0. The Morgan fingerprint density at radius 2 is 1.90 bits per heavy atom. The van der Waals surface area contributed by atoms with Crippen LogP contribution < -0.4 is 10.1 Å². The molecule has 0 aliphatic rings. The molecule has 0 aliphatic heterocycles. The summed E-state index contributed by atoms with van der Waals surface area (Å²) in [6.45, 7) is 0.692. The molecular weight excluding hydrogens is 374 g/mol. The van der Waals surface area contributed by atoms with Gasteiger partial charge in [0.2, 0.25) is 0 Å². The molecular formula is C24H21N5O. The zero-order valence-corrected chi connectivity index (χ0v) is 16.5. The normalized spacial score (nSPS) is 11.0. The Kier molecular flexibility index (Phi) is 4.65. The molecule has 6 heteroatoms. The monoisotopic (exact) mass is 395 g/mol. The third-order valence-electron chi connectivity index (χ3n) is 5.04. The van der Waals surface area contributed by atoms with E-state index in [-0.39, 0.29) is 0 Å². The van der Waals surface area contributed by atoms with Crippen molar-refractivity contribution in [1.82, 2.24) is 19.9 Å². The first-order valence-corrected chi connectivity index (χ1v) is 9.76. The minimum Gasteiger partial charge on any atom is -0.496 e. The molecule has 0 bridgehead atoms. The van der Waals surface area contributed by atoms with Crippen LogP contribution in [0.15, 0.2) is 79.1 Å². The number of rotatable bonds is 6. The van der Waals surface area contributed by atoms with Gasteiger partial charge in [-0.3, -0.25) is 0 Å². The summed E-state index contributed by atoms with van der Waals surface area (Å²) in [6.07, 6.45) is 3.53. The van der Waals surface area contributed by atoms with E-state index < -0.39 is 0 Å². The fourth-order valence-electron chi connectivity index (χ4n) is 3.53. The molecule has 5 rings (SSSR count). The molecule has 0 unspecified atom stereocenters. The van der Waals surface area contributed by atoms with Crippen molar-refractivity contribution in [3.63, 3.8) is 0 Å². The van der Waals surface area contributed by atoms with Crippen molar-refractivity contribution >= 4 is 16.7 Å². The maximum Gasteiger partial charge on any atom is 0.141 e. The van der Waals surface area contributed by atoms with Gasteiger partial charge in [-0.05, 0) is 35.9 Å². The molecule has 0 atom stereocenters. The standard InChI is InChI=1S/C24H21N5O/c1-30-22-14-18(9-10-19(22)24-25-11-12-26-24)27-15-16-5-4-6-17(13-16)23-28-20-7-2-3-8-21(20)29-23/h2-14,27H,15H2,1H3,(H,25,26)(H,28,29). The van der Waals surface area contributed by atoms with Crippen molar-refractivity contribution < 1.29 is 4.74 Å². The fourth-order valence-corrected chi connectivity index (χ4v) is 3.53. The second-order valence-electron chi connectivity index (χ2n) is 7.01. The van der Waals surface area contributed by atoms with Crippen molar-refractivity contribution in [2.45, 2.75) is 6.54 Å². The van der Waals surface area contributed by atoms with Crippen LogP contribution >= 0.6 is 0 Å². The van der Waals surface area contributed by atoms with Gasteiger partial charge in [0.25, 0.3) is 0 Å². The van der Waals surface area contributed by atoms with Crippen LogP contribution in [0.2, 0.25) is 0 Å². The molecule has 0 saturated carbocycles. The summed E-state index contributed by atoms with van der Waals surface area (Å²) in [7, 11) is 1.67. The zero-order valence-electron chi connectivity index (χ0n) is 16.5. The topological polar surface area (TPSA) is 78.6 Å². The van der Waals surface area contributed by atoms with Gasteiger partial charge in [0.1, 0.15) is 17.4 Å². The van der Waals surface area contributed by atoms with Gasteiger partial charge in [-0.1, -0.05) is 30.3 Å². The van der Waals surface area contributed by atoms with E-state index in [0.29, 0.717) is 6.54 Å². The Morgan fingerprint density at radius 3 is 2.73 bits per heavy atom. The van der Waals surface area contributed by atoms with Crippen molar-refractivity contribution in [2.75, 3.05) is 12.4 Å². The highest BCUT2D eigenvalue weighted by molar-refractivity contribution is 5.79. The van der Waals surface area contributed by atoms with Crippen LogP contribution in [0.5, 0.6) is 5.75 Å². The number of imidazole rings is 2. The summed E-state index contributed by atoms with van der Waals surface area (Å²) in [5.74, 6) is 2.44. The number of hydrogen-bond acceptors (Lipinski definition) is 4. The van der Waals surface area contributed by atoms with E-state index in [2.05, 4.69) is 44.5 Å². The number of nitrogens with zero attached hydrogens (tertiary/aromatic N) is 2. The number of anilines is 1. The molecule has 2 heterocycles. The van der Waals surface area contributed by atoms with Gasteiger partial charge in [-0.2, -0.15) is 0 Å². The molecule has 0 saturated heterocycles. The first kappa shape index (κ1) is 18.0. The summed E-state index contributed by atoms with van der Waals surface area (Å²) < 4.78 is 5.56. The Morgan fingerprint density at radius 1 is 0.967 bits per heavy atom. The highest BCUT2D eigenvalue weighted by Gasteiger charge is 2.09. The largest absolute Gasteiger partial charge is 0.496 e. The number of ether oxygens (including phenoxy) is 1. The zero-order chi connectivity index (χ0) is 20.3. The third-order valence-corrected chi connectivity index (χ3v) is 5.04. The quantitative estimate of drug-likeness (QED) is 0.367. The summed E-state index contributed by atoms with van der Waals surface area (Å²) in [5.41, 5.74) is 6.16. The summed E-state index contributed by atoms with van der Waals surface area (Å²) in [4.78, 5) is 15.5. The van der Waals surface area contributed by atoms with Crippen LogP contribution in [-0.2, 0) is 6.54 Å². The van der Waals surface area contributed by atoms with Gasteiger partial charge < -0.3 is 20.0 Å². The molecule has 3 aromatic carbocycles. The van der Waals surface area contributed by atoms with Crippen LogP contribution in [0.3, 0.4) is 0 Å². The average Bonchev–Trinajstić information content (AvgIpc) is 3.48. The highest BCUT2D eigenvalue weighted by atomic mass is 16.5. The molecule has 0 aliphatic carbocycles. The second-order valence-corrected chi connectivity index (χ2v) is 7.01. The maximum absolute atomic E-state index is 5.56. The third kappa shape index (κ3) is 3.51. The van der Waals surface area contributed by atoms with Crippen molar-refractivity contribution in [3.8, 4) is 28.5 Å². The van der Waals surface area contributed by atoms with Crippen molar-refractivity contribution in [2.24, 2.45) is 0 Å². The summed E-state index contributed by atoms with van der Waals surface area (Å²) in [5, 5.41) is 3.47. The predicted molar refractivity (Wildman–Crippen MR) is 119 cm³/mol. The lowest BCUT2D eigenvalue weighted by Gasteiger charge is -2.11. The van der Waals surface area contributed by atoms with Crippen molar-refractivity contribution in [3.05, 3.63) is 84.7 Å². The first-order chi connectivity index (χ1) is 14.8. The van der Waals surface area contributed by atoms with E-state index in [1.807, 2.05) is 42.5 Å². The fraction of sp³-hybridized carbons (Fsp3) is 0.0833. The van der Waals surface area contributed by atoms with Crippen LogP contribution in [0.25, 0.3) is 33.8 Å². The van der Waals surface area contributed by atoms with Gasteiger partial charge in [0.15, 0.2) is 0 Å². The molecule has 0 amide bonds. The van der Waals surface area contributed by atoms with Crippen LogP contribution in [0.1, 0.15) is 5.56 Å². The molecule has 0 radical (unpaired) electrons. The molecule has 0 spiro atoms. The number of para-hydroxylation sites is 2. The molecule has 2 aromatic heterocycles. The van der Waals surface area contributed by atoms with E-state index in [1.54, 1.807) is 19.5 Å². The van der Waals surface area contributed by atoms with Gasteiger partial charge in [0.05, 0.1) is 23.7 Å². The number of nitrogens with one attached hydrogen (secondary N) is 3. The van der Waals surface area contributed by atoms with E-state index in [4.69, 9.17) is 9.72 Å². The maximum atomic E-state index is 5.56.